The monoisotopic (exact) mass is 869 g/mol. The Morgan fingerprint density at radius 1 is 0.984 bits per heavy atom. The molecular weight excluding hydrogens is 817 g/mol. The number of carbonyl (C=O) groups excluding carboxylic acids is 3. The summed E-state index contributed by atoms with van der Waals surface area (Å²) in [6.45, 7) is 3.72. The largest absolute Gasteiger partial charge is 0.465 e. The van der Waals surface area contributed by atoms with Crippen molar-refractivity contribution >= 4 is 41.4 Å². The molecule has 1 unspecified atom stereocenters. The summed E-state index contributed by atoms with van der Waals surface area (Å²) in [6.07, 6.45) is 15.5. The first-order valence-corrected chi connectivity index (χ1v) is 22.4. The van der Waals surface area contributed by atoms with Gasteiger partial charge in [-0.25, -0.2) is 19.2 Å². The van der Waals surface area contributed by atoms with Crippen LogP contribution in [0.4, 0.5) is 15.1 Å². The van der Waals surface area contributed by atoms with Crippen LogP contribution in [0.25, 0.3) is 11.3 Å². The lowest BCUT2D eigenvalue weighted by Gasteiger charge is -2.35. The van der Waals surface area contributed by atoms with Gasteiger partial charge in [-0.05, 0) is 125 Å². The minimum absolute atomic E-state index is 0.0933. The highest BCUT2D eigenvalue weighted by Crippen LogP contribution is 2.39. The summed E-state index contributed by atoms with van der Waals surface area (Å²) in [5.74, 6) is -0.349. The van der Waals surface area contributed by atoms with Crippen molar-refractivity contribution in [2.24, 2.45) is 13.0 Å². The zero-order valence-electron chi connectivity index (χ0n) is 34.9. The molecule has 4 fully saturated rings. The highest BCUT2D eigenvalue weighted by atomic mass is 35.5. The number of carbonyl (C=O) groups is 4. The van der Waals surface area contributed by atoms with Gasteiger partial charge < -0.3 is 25.1 Å². The van der Waals surface area contributed by atoms with E-state index in [1.54, 1.807) is 23.4 Å². The topological polar surface area (TPSA) is 184 Å². The van der Waals surface area contributed by atoms with Crippen LogP contribution in [0.15, 0.2) is 36.9 Å². The van der Waals surface area contributed by atoms with E-state index >= 15 is 0 Å². The number of fused-ring (bicyclic) bond motifs is 1. The van der Waals surface area contributed by atoms with E-state index in [1.165, 1.54) is 23.8 Å². The van der Waals surface area contributed by atoms with E-state index in [0.717, 1.165) is 86.1 Å². The van der Waals surface area contributed by atoms with Crippen LogP contribution in [-0.4, -0.2) is 111 Å². The van der Waals surface area contributed by atoms with E-state index in [9.17, 15) is 28.7 Å². The predicted octanol–water partition coefficient (Wildman–Crippen LogP) is 5.75. The molecule has 0 radical (unpaired) electrons. The fraction of sp³-hybridized carbons (Fsp3) is 0.545. The Bertz CT molecular complexity index is 2350. The van der Waals surface area contributed by atoms with Gasteiger partial charge in [0, 0.05) is 67.2 Å². The summed E-state index contributed by atoms with van der Waals surface area (Å²) in [7, 11) is 1.95. The van der Waals surface area contributed by atoms with Gasteiger partial charge in [-0.3, -0.25) is 29.1 Å². The molecule has 1 atom stereocenters. The molecule has 3 aromatic heterocycles. The summed E-state index contributed by atoms with van der Waals surface area (Å²) in [4.78, 5) is 64.8. The fourth-order valence-electron chi connectivity index (χ4n) is 9.94. The molecule has 18 heteroatoms. The second-order valence-corrected chi connectivity index (χ2v) is 18.1. The number of halogens is 2. The van der Waals surface area contributed by atoms with Crippen LogP contribution >= 0.6 is 11.6 Å². The van der Waals surface area contributed by atoms with E-state index in [-0.39, 0.29) is 55.7 Å². The molecule has 2 aliphatic carbocycles. The average Bonchev–Trinajstić information content (AvgIpc) is 3.71. The molecule has 4 amide bonds. The number of rotatable bonds is 14. The van der Waals surface area contributed by atoms with Crippen molar-refractivity contribution in [1.82, 2.24) is 49.5 Å². The summed E-state index contributed by atoms with van der Waals surface area (Å²) >= 11 is 6.59. The fourth-order valence-corrected chi connectivity index (χ4v) is 10.1. The normalized spacial score (nSPS) is 22.2. The Morgan fingerprint density at radius 2 is 1.77 bits per heavy atom. The van der Waals surface area contributed by atoms with Crippen molar-refractivity contribution in [2.75, 3.05) is 25.0 Å². The van der Waals surface area contributed by atoms with Crippen LogP contribution in [0.1, 0.15) is 109 Å². The number of imide groups is 1. The zero-order valence-corrected chi connectivity index (χ0v) is 35.7. The lowest BCUT2D eigenvalue weighted by atomic mass is 9.85. The summed E-state index contributed by atoms with van der Waals surface area (Å²) in [5.41, 5.74) is 5.54. The average molecular weight is 870 g/mol. The Kier molecular flexibility index (Phi) is 12.0. The van der Waals surface area contributed by atoms with Crippen molar-refractivity contribution < 1.29 is 28.7 Å². The molecule has 3 aliphatic heterocycles. The molecule has 62 heavy (non-hydrogen) atoms. The molecule has 9 rings (SSSR count). The molecule has 16 nitrogen and oxygen atoms in total. The van der Waals surface area contributed by atoms with E-state index in [1.807, 2.05) is 28.8 Å². The first kappa shape index (κ1) is 41.9. The molecule has 2 saturated heterocycles. The smallest absolute Gasteiger partial charge is 0.407 e. The molecular formula is C44H53ClFN11O5. The molecule has 3 N–H and O–H groups in total. The van der Waals surface area contributed by atoms with Crippen molar-refractivity contribution in [3.8, 4) is 11.3 Å². The number of anilines is 1. The van der Waals surface area contributed by atoms with Crippen LogP contribution in [0.3, 0.4) is 0 Å². The van der Waals surface area contributed by atoms with E-state index in [2.05, 4.69) is 30.7 Å². The van der Waals surface area contributed by atoms with Gasteiger partial charge in [0.15, 0.2) is 0 Å². The number of hydrogen-bond acceptors (Lipinski definition) is 10. The highest BCUT2D eigenvalue weighted by Gasteiger charge is 2.41. The minimum Gasteiger partial charge on any atom is -0.465 e. The van der Waals surface area contributed by atoms with Crippen LogP contribution in [0, 0.1) is 11.7 Å². The summed E-state index contributed by atoms with van der Waals surface area (Å²) in [5, 5.41) is 25.6. The Hall–Kier alpha value is -5.42. The highest BCUT2D eigenvalue weighted by molar-refractivity contribution is 6.33. The van der Waals surface area contributed by atoms with E-state index in [0.29, 0.717) is 47.5 Å². The van der Waals surface area contributed by atoms with E-state index in [4.69, 9.17) is 16.6 Å². The predicted molar refractivity (Wildman–Crippen MR) is 227 cm³/mol. The SMILES string of the molecule is Cn1ncc(-c2nc(N[C@H]3CC[C@H](N(Cc4cnn(CCCN5CCC(c6cc(F)cc7c6CN(C6CCC(=O)NC6=O)C7=O)CC5)c4)C(=O)O)CC3)ncc2Cl)c1CC1CC1. The van der Waals surface area contributed by atoms with Gasteiger partial charge in [0.2, 0.25) is 17.8 Å². The molecule has 0 bridgehead atoms. The van der Waals surface area contributed by atoms with Gasteiger partial charge >= 0.3 is 6.09 Å². The van der Waals surface area contributed by atoms with Gasteiger partial charge in [0.05, 0.1) is 35.9 Å². The quantitative estimate of drug-likeness (QED) is 0.131. The Morgan fingerprint density at radius 3 is 2.52 bits per heavy atom. The Balaban J connectivity index is 0.730. The lowest BCUT2D eigenvalue weighted by Crippen LogP contribution is -2.52. The van der Waals surface area contributed by atoms with Crippen LogP contribution in [-0.2, 0) is 42.7 Å². The molecule has 5 aliphatic rings. The minimum atomic E-state index is -0.942. The first-order valence-electron chi connectivity index (χ1n) is 22.0. The van der Waals surface area contributed by atoms with Crippen molar-refractivity contribution in [3.63, 3.8) is 0 Å². The molecule has 2 saturated carbocycles. The van der Waals surface area contributed by atoms with Gasteiger partial charge in [0.1, 0.15) is 11.9 Å². The third kappa shape index (κ3) is 9.05. The van der Waals surface area contributed by atoms with Gasteiger partial charge in [-0.15, -0.1) is 0 Å². The standard InChI is InChI=1S/C44H53ClFN11O5/c1-53-38(17-26-3-4-26)34(21-48-53)40-36(45)22-47-43(52-40)50-30-5-7-31(8-6-30)56(44(61)62)24-27-20-49-55(23-27)14-2-13-54-15-11-28(12-16-54)32-18-29(46)19-33-35(32)25-57(42(33)60)37-9-10-39(58)51-41(37)59/h18-23,26,28,30-31,37H,2-17,24-25H2,1H3,(H,61,62)(H,47,50,52)(H,51,58,59)/t30-,31-,37?. The number of nitrogens with one attached hydrogen (secondary N) is 2. The number of piperidine rings is 2. The zero-order chi connectivity index (χ0) is 43.1. The second kappa shape index (κ2) is 17.8. The van der Waals surface area contributed by atoms with Crippen molar-refractivity contribution in [1.29, 1.82) is 0 Å². The molecule has 1 aromatic carbocycles. The number of amides is 4. The van der Waals surface area contributed by atoms with Gasteiger partial charge in [-0.2, -0.15) is 10.2 Å². The van der Waals surface area contributed by atoms with Gasteiger partial charge in [0.25, 0.3) is 5.91 Å². The number of nitrogens with zero attached hydrogens (tertiary/aromatic N) is 9. The molecule has 328 valence electrons. The maximum atomic E-state index is 14.9. The van der Waals surface area contributed by atoms with Crippen molar-refractivity contribution in [3.05, 3.63) is 75.7 Å². The first-order chi connectivity index (χ1) is 30.0. The number of likely N-dealkylation sites (tertiary alicyclic amines) is 1. The summed E-state index contributed by atoms with van der Waals surface area (Å²) in [6, 6.07) is 2.07. The number of aromatic nitrogens is 6. The second-order valence-electron chi connectivity index (χ2n) is 17.7. The molecule has 0 spiro atoms. The maximum absolute atomic E-state index is 14.9. The molecule has 6 heterocycles. The number of carboxylic acid groups (broad SMARTS) is 1. The third-order valence-electron chi connectivity index (χ3n) is 13.5. The maximum Gasteiger partial charge on any atom is 0.407 e. The third-order valence-corrected chi connectivity index (χ3v) is 13.8. The van der Waals surface area contributed by atoms with Crippen molar-refractivity contribution in [2.45, 2.75) is 121 Å². The summed E-state index contributed by atoms with van der Waals surface area (Å²) < 4.78 is 18.7. The number of hydrogen-bond donors (Lipinski definition) is 3. The van der Waals surface area contributed by atoms with Crippen LogP contribution in [0.2, 0.25) is 5.02 Å². The number of aryl methyl sites for hydroxylation is 2. The molecule has 4 aromatic rings. The Labute approximate surface area is 364 Å². The van der Waals surface area contributed by atoms with Crippen LogP contribution < -0.4 is 10.6 Å². The number of benzene rings is 1. The lowest BCUT2D eigenvalue weighted by molar-refractivity contribution is -0.136. The van der Waals surface area contributed by atoms with E-state index < -0.39 is 23.9 Å². The van der Waals surface area contributed by atoms with Crippen LogP contribution in [0.5, 0.6) is 0 Å². The van der Waals surface area contributed by atoms with Gasteiger partial charge in [-0.1, -0.05) is 11.6 Å².